The van der Waals surface area contributed by atoms with Gasteiger partial charge in [0.15, 0.2) is 0 Å². The van der Waals surface area contributed by atoms with Crippen molar-refractivity contribution >= 4 is 27.5 Å². The van der Waals surface area contributed by atoms with Gasteiger partial charge in [-0.1, -0.05) is 43.2 Å². The predicted molar refractivity (Wildman–Crippen MR) is 159 cm³/mol. The van der Waals surface area contributed by atoms with E-state index in [0.717, 1.165) is 41.8 Å². The van der Waals surface area contributed by atoms with E-state index in [2.05, 4.69) is 5.32 Å². The summed E-state index contributed by atoms with van der Waals surface area (Å²) in [6.45, 7) is 1.31. The first kappa shape index (κ1) is 29.9. The van der Waals surface area contributed by atoms with Crippen molar-refractivity contribution in [2.24, 2.45) is 0 Å². The number of ether oxygens (including phenoxy) is 2. The van der Waals surface area contributed by atoms with Gasteiger partial charge in [0.25, 0.3) is 0 Å². The fourth-order valence-electron chi connectivity index (χ4n) is 4.86. The smallest absolute Gasteiger partial charge is 0.244 e. The minimum Gasteiger partial charge on any atom is -0.497 e. The van der Waals surface area contributed by atoms with Gasteiger partial charge in [0.2, 0.25) is 21.8 Å². The summed E-state index contributed by atoms with van der Waals surface area (Å²) >= 11 is 0. The zero-order valence-corrected chi connectivity index (χ0v) is 24.5. The molecule has 0 aliphatic heterocycles. The van der Waals surface area contributed by atoms with Crippen molar-refractivity contribution in [3.63, 3.8) is 0 Å². The third kappa shape index (κ3) is 8.23. The van der Waals surface area contributed by atoms with Gasteiger partial charge in [-0.3, -0.25) is 13.9 Å². The molecule has 1 saturated carbocycles. The quantitative estimate of drug-likeness (QED) is 0.333. The molecule has 3 aromatic rings. The van der Waals surface area contributed by atoms with E-state index < -0.39 is 28.5 Å². The fraction of sp³-hybridized carbons (Fsp3) is 0.355. The number of rotatable bonds is 12. The van der Waals surface area contributed by atoms with Gasteiger partial charge in [-0.25, -0.2) is 8.42 Å². The largest absolute Gasteiger partial charge is 0.497 e. The van der Waals surface area contributed by atoms with E-state index in [9.17, 15) is 18.0 Å². The number of para-hydroxylation sites is 1. The number of methoxy groups -OCH3 is 1. The summed E-state index contributed by atoms with van der Waals surface area (Å²) in [5.74, 6) is 1.02. The molecule has 10 heteroatoms. The third-order valence-corrected chi connectivity index (χ3v) is 8.28. The van der Waals surface area contributed by atoms with Crippen molar-refractivity contribution in [1.82, 2.24) is 10.2 Å². The van der Waals surface area contributed by atoms with E-state index in [4.69, 9.17) is 9.47 Å². The van der Waals surface area contributed by atoms with E-state index >= 15 is 0 Å². The van der Waals surface area contributed by atoms with Crippen LogP contribution in [0.4, 0.5) is 5.69 Å². The lowest BCUT2D eigenvalue weighted by Crippen LogP contribution is -2.52. The van der Waals surface area contributed by atoms with Gasteiger partial charge in [-0.2, -0.15) is 0 Å². The number of carbonyl (C=O) groups excluding carboxylic acids is 2. The number of hydrogen-bond donors (Lipinski definition) is 1. The molecule has 218 valence electrons. The molecule has 4 rings (SSSR count). The van der Waals surface area contributed by atoms with Gasteiger partial charge >= 0.3 is 0 Å². The maximum absolute atomic E-state index is 13.8. The monoisotopic (exact) mass is 579 g/mol. The fourth-order valence-corrected chi connectivity index (χ4v) is 5.71. The Bertz CT molecular complexity index is 1420. The van der Waals surface area contributed by atoms with Crippen molar-refractivity contribution < 1.29 is 27.5 Å². The van der Waals surface area contributed by atoms with Gasteiger partial charge in [-0.15, -0.1) is 0 Å². The zero-order chi connectivity index (χ0) is 29.4. The van der Waals surface area contributed by atoms with Crippen LogP contribution in [0.5, 0.6) is 17.2 Å². The first-order valence-electron chi connectivity index (χ1n) is 13.7. The van der Waals surface area contributed by atoms with Crippen LogP contribution in [-0.4, -0.2) is 57.1 Å². The minimum absolute atomic E-state index is 0.0860. The molecule has 0 heterocycles. The number of hydrogen-bond acceptors (Lipinski definition) is 6. The van der Waals surface area contributed by atoms with Crippen molar-refractivity contribution in [3.8, 4) is 17.2 Å². The Morgan fingerprint density at radius 3 is 2.20 bits per heavy atom. The highest BCUT2D eigenvalue weighted by atomic mass is 32.2. The molecule has 1 fully saturated rings. The predicted octanol–water partition coefficient (Wildman–Crippen LogP) is 4.73. The lowest BCUT2D eigenvalue weighted by molar-refractivity contribution is -0.139. The average Bonchev–Trinajstić information content (AvgIpc) is 3.48. The highest BCUT2D eigenvalue weighted by molar-refractivity contribution is 7.92. The second-order valence-electron chi connectivity index (χ2n) is 10.2. The summed E-state index contributed by atoms with van der Waals surface area (Å²) in [5, 5.41) is 3.06. The summed E-state index contributed by atoms with van der Waals surface area (Å²) in [6.07, 6.45) is 4.99. The van der Waals surface area contributed by atoms with Crippen molar-refractivity contribution in [1.29, 1.82) is 0 Å². The summed E-state index contributed by atoms with van der Waals surface area (Å²) in [7, 11) is -2.29. The molecule has 1 aliphatic carbocycles. The number of sulfonamides is 1. The number of amides is 2. The van der Waals surface area contributed by atoms with Crippen LogP contribution in [0.1, 0.15) is 38.2 Å². The van der Waals surface area contributed by atoms with Crippen molar-refractivity contribution in [2.45, 2.75) is 51.2 Å². The molecule has 0 spiro atoms. The Kier molecular flexibility index (Phi) is 9.88. The molecule has 0 aromatic heterocycles. The van der Waals surface area contributed by atoms with Gasteiger partial charge in [0.1, 0.15) is 29.8 Å². The number of carbonyl (C=O) groups is 2. The average molecular weight is 580 g/mol. The molecule has 0 unspecified atom stereocenters. The van der Waals surface area contributed by atoms with E-state index in [0.29, 0.717) is 22.9 Å². The molecule has 0 saturated heterocycles. The number of benzene rings is 3. The zero-order valence-electron chi connectivity index (χ0n) is 23.7. The van der Waals surface area contributed by atoms with Crippen molar-refractivity contribution in [2.75, 3.05) is 24.2 Å². The summed E-state index contributed by atoms with van der Waals surface area (Å²) < 4.78 is 37.9. The normalized spacial score (nSPS) is 14.2. The molecule has 1 aliphatic rings. The molecule has 41 heavy (non-hydrogen) atoms. The third-order valence-electron chi connectivity index (χ3n) is 7.14. The molecular weight excluding hydrogens is 542 g/mol. The van der Waals surface area contributed by atoms with Crippen LogP contribution >= 0.6 is 0 Å². The molecule has 0 bridgehead atoms. The maximum atomic E-state index is 13.8. The summed E-state index contributed by atoms with van der Waals surface area (Å²) in [4.78, 5) is 28.5. The van der Waals surface area contributed by atoms with E-state index in [1.54, 1.807) is 50.4 Å². The SMILES string of the molecule is COc1cccc(CN(C(=O)CN(c2ccc(Oc3ccccc3)cc2)S(C)(=O)=O)[C@@H](C)C(=O)NC2CCCC2)c1. The van der Waals surface area contributed by atoms with Crippen LogP contribution in [0, 0.1) is 0 Å². The Morgan fingerprint density at radius 2 is 1.56 bits per heavy atom. The van der Waals surface area contributed by atoms with Gasteiger partial charge in [-0.05, 0) is 73.9 Å². The van der Waals surface area contributed by atoms with E-state index in [1.807, 2.05) is 42.5 Å². The number of nitrogens with zero attached hydrogens (tertiary/aromatic N) is 2. The molecule has 2 amide bonds. The molecule has 9 nitrogen and oxygen atoms in total. The van der Waals surface area contributed by atoms with Crippen LogP contribution in [-0.2, 0) is 26.2 Å². The molecule has 1 N–H and O–H groups in total. The van der Waals surface area contributed by atoms with Crippen molar-refractivity contribution in [3.05, 3.63) is 84.4 Å². The van der Waals surface area contributed by atoms with E-state index in [1.165, 1.54) is 4.90 Å². The summed E-state index contributed by atoms with van der Waals surface area (Å²) in [5.41, 5.74) is 1.07. The van der Waals surface area contributed by atoms with Crippen LogP contribution < -0.4 is 19.1 Å². The number of nitrogens with one attached hydrogen (secondary N) is 1. The standard InChI is InChI=1S/C31H37N3O6S/c1-23(31(36)32-25-11-7-8-12-25)33(21-24-10-9-15-29(20-24)39-2)30(35)22-34(41(3,37)38)26-16-18-28(19-17-26)40-27-13-5-4-6-14-27/h4-6,9-10,13-20,23,25H,7-8,11-12,21-22H2,1-3H3,(H,32,36)/t23-/m0/s1. The number of anilines is 1. The molecule has 0 radical (unpaired) electrons. The van der Waals surface area contributed by atoms with Gasteiger partial charge in [0.05, 0.1) is 19.1 Å². The Balaban J connectivity index is 1.56. The Labute approximate surface area is 242 Å². The molecule has 1 atom stereocenters. The first-order valence-corrected chi connectivity index (χ1v) is 15.5. The molecular formula is C31H37N3O6S. The minimum atomic E-state index is -3.84. The molecule has 3 aromatic carbocycles. The van der Waals surface area contributed by atoms with Crippen LogP contribution in [0.3, 0.4) is 0 Å². The maximum Gasteiger partial charge on any atom is 0.244 e. The topological polar surface area (TPSA) is 105 Å². The second kappa shape index (κ2) is 13.5. The van der Waals surface area contributed by atoms with Crippen LogP contribution in [0.15, 0.2) is 78.9 Å². The highest BCUT2D eigenvalue weighted by Crippen LogP contribution is 2.26. The van der Waals surface area contributed by atoms with Gasteiger partial charge in [0, 0.05) is 12.6 Å². The van der Waals surface area contributed by atoms with Crippen LogP contribution in [0.25, 0.3) is 0 Å². The Morgan fingerprint density at radius 1 is 0.927 bits per heavy atom. The summed E-state index contributed by atoms with van der Waals surface area (Å²) in [6, 6.07) is 22.2. The highest BCUT2D eigenvalue weighted by Gasteiger charge is 2.31. The lowest BCUT2D eigenvalue weighted by Gasteiger charge is -2.32. The van der Waals surface area contributed by atoms with E-state index in [-0.39, 0.29) is 18.5 Å². The van der Waals surface area contributed by atoms with Crippen LogP contribution in [0.2, 0.25) is 0 Å². The lowest BCUT2D eigenvalue weighted by atomic mass is 10.1. The first-order chi connectivity index (χ1) is 19.6. The Hall–Kier alpha value is -4.05. The second-order valence-corrected chi connectivity index (χ2v) is 12.1. The van der Waals surface area contributed by atoms with Gasteiger partial charge < -0.3 is 19.7 Å².